The minimum atomic E-state index is -0.414. The highest BCUT2D eigenvalue weighted by Gasteiger charge is 2.18. The minimum Gasteiger partial charge on any atom is -0.489 e. The number of carbonyl (C=O) groups excluding carboxylic acids is 1. The van der Waals surface area contributed by atoms with E-state index in [4.69, 9.17) is 9.47 Å². The van der Waals surface area contributed by atoms with Crippen LogP contribution in [0.4, 0.5) is 10.1 Å². The average molecular weight is 333 g/mol. The second-order valence-electron chi connectivity index (χ2n) is 5.03. The molecule has 7 heteroatoms. The molecule has 5 nitrogen and oxygen atoms in total. The molecule has 0 bridgehead atoms. The van der Waals surface area contributed by atoms with Crippen molar-refractivity contribution in [3.8, 4) is 5.75 Å². The van der Waals surface area contributed by atoms with Crippen molar-refractivity contribution in [3.63, 3.8) is 0 Å². The van der Waals surface area contributed by atoms with Crippen LogP contribution in [0.1, 0.15) is 19.3 Å². The second-order valence-corrected chi connectivity index (χ2v) is 5.03. The SMILES string of the molecule is COCCOc1ccc(F)cc1NC(=O)CC1CCCN1.Cl. The number of anilines is 1. The third kappa shape index (κ3) is 5.79. The number of amides is 1. The first-order chi connectivity index (χ1) is 10.2. The largest absolute Gasteiger partial charge is 0.489 e. The van der Waals surface area contributed by atoms with Crippen LogP contribution >= 0.6 is 12.4 Å². The number of hydrogen-bond acceptors (Lipinski definition) is 4. The number of methoxy groups -OCH3 is 1. The molecule has 0 radical (unpaired) electrons. The van der Waals surface area contributed by atoms with Gasteiger partial charge in [-0.1, -0.05) is 0 Å². The lowest BCUT2D eigenvalue weighted by Gasteiger charge is -2.14. The predicted molar refractivity (Wildman–Crippen MR) is 85.3 cm³/mol. The van der Waals surface area contributed by atoms with Gasteiger partial charge in [-0.3, -0.25) is 4.79 Å². The van der Waals surface area contributed by atoms with Gasteiger partial charge in [0, 0.05) is 25.6 Å². The summed E-state index contributed by atoms with van der Waals surface area (Å²) in [5.41, 5.74) is 0.356. The van der Waals surface area contributed by atoms with Crippen molar-refractivity contribution >= 4 is 24.0 Å². The number of halogens is 2. The van der Waals surface area contributed by atoms with Crippen molar-refractivity contribution in [2.24, 2.45) is 0 Å². The van der Waals surface area contributed by atoms with Crippen LogP contribution in [-0.2, 0) is 9.53 Å². The number of ether oxygens (including phenoxy) is 2. The lowest BCUT2D eigenvalue weighted by molar-refractivity contribution is -0.116. The molecule has 0 spiro atoms. The lowest BCUT2D eigenvalue weighted by atomic mass is 10.1. The first kappa shape index (κ1) is 18.7. The maximum absolute atomic E-state index is 13.3. The molecule has 0 aromatic heterocycles. The Hall–Kier alpha value is -1.37. The summed E-state index contributed by atoms with van der Waals surface area (Å²) in [6, 6.07) is 4.28. The highest BCUT2D eigenvalue weighted by Crippen LogP contribution is 2.26. The quantitative estimate of drug-likeness (QED) is 0.753. The Labute approximate surface area is 136 Å². The molecule has 1 aliphatic heterocycles. The molecule has 1 fully saturated rings. The topological polar surface area (TPSA) is 59.6 Å². The molecule has 1 heterocycles. The van der Waals surface area contributed by atoms with Crippen molar-refractivity contribution in [2.45, 2.75) is 25.3 Å². The van der Waals surface area contributed by atoms with Gasteiger partial charge in [-0.05, 0) is 31.5 Å². The number of rotatable bonds is 7. The highest BCUT2D eigenvalue weighted by atomic mass is 35.5. The number of hydrogen-bond donors (Lipinski definition) is 2. The molecule has 1 unspecified atom stereocenters. The van der Waals surface area contributed by atoms with Gasteiger partial charge in [0.15, 0.2) is 0 Å². The summed E-state index contributed by atoms with van der Waals surface area (Å²) >= 11 is 0. The summed E-state index contributed by atoms with van der Waals surface area (Å²) < 4.78 is 23.7. The van der Waals surface area contributed by atoms with Crippen LogP contribution in [-0.4, -0.2) is 38.8 Å². The molecule has 1 atom stereocenters. The Morgan fingerprint density at radius 3 is 2.95 bits per heavy atom. The molecule has 0 saturated carbocycles. The third-order valence-electron chi connectivity index (χ3n) is 3.35. The number of benzene rings is 1. The Balaban J connectivity index is 0.00000242. The Bertz CT molecular complexity index is 482. The molecule has 0 aliphatic carbocycles. The van der Waals surface area contributed by atoms with Crippen LogP contribution in [0.3, 0.4) is 0 Å². The zero-order valence-corrected chi connectivity index (χ0v) is 13.4. The Kier molecular flexibility index (Phi) is 8.16. The zero-order valence-electron chi connectivity index (χ0n) is 12.6. The molecule has 2 N–H and O–H groups in total. The Morgan fingerprint density at radius 1 is 1.45 bits per heavy atom. The van der Waals surface area contributed by atoms with E-state index in [9.17, 15) is 9.18 Å². The van der Waals surface area contributed by atoms with Crippen molar-refractivity contribution in [2.75, 3.05) is 32.2 Å². The summed E-state index contributed by atoms with van der Waals surface area (Å²) in [5, 5.41) is 5.98. The molecule has 124 valence electrons. The lowest BCUT2D eigenvalue weighted by Crippen LogP contribution is -2.27. The smallest absolute Gasteiger partial charge is 0.226 e. The fourth-order valence-corrected chi connectivity index (χ4v) is 2.32. The van der Waals surface area contributed by atoms with Crippen molar-refractivity contribution in [3.05, 3.63) is 24.0 Å². The molecule has 1 aromatic rings. The fourth-order valence-electron chi connectivity index (χ4n) is 2.32. The van der Waals surface area contributed by atoms with Crippen LogP contribution in [0.5, 0.6) is 5.75 Å². The molecule has 2 rings (SSSR count). The summed E-state index contributed by atoms with van der Waals surface area (Å²) in [7, 11) is 1.57. The summed E-state index contributed by atoms with van der Waals surface area (Å²) in [6.45, 7) is 1.72. The minimum absolute atomic E-state index is 0. The van der Waals surface area contributed by atoms with Crippen molar-refractivity contribution < 1.29 is 18.7 Å². The first-order valence-corrected chi connectivity index (χ1v) is 7.13. The van der Waals surface area contributed by atoms with Crippen LogP contribution < -0.4 is 15.4 Å². The third-order valence-corrected chi connectivity index (χ3v) is 3.35. The zero-order chi connectivity index (χ0) is 15.1. The average Bonchev–Trinajstić information content (AvgIpc) is 2.94. The molecule has 1 saturated heterocycles. The second kappa shape index (κ2) is 9.61. The molecular weight excluding hydrogens is 311 g/mol. The highest BCUT2D eigenvalue weighted by molar-refractivity contribution is 5.92. The van der Waals surface area contributed by atoms with Gasteiger partial charge in [0.1, 0.15) is 18.2 Å². The van der Waals surface area contributed by atoms with E-state index in [0.29, 0.717) is 31.1 Å². The van der Waals surface area contributed by atoms with Gasteiger partial charge in [-0.15, -0.1) is 12.4 Å². The maximum atomic E-state index is 13.3. The monoisotopic (exact) mass is 332 g/mol. The van der Waals surface area contributed by atoms with Crippen LogP contribution in [0.25, 0.3) is 0 Å². The first-order valence-electron chi connectivity index (χ1n) is 7.13. The van der Waals surface area contributed by atoms with Gasteiger partial charge in [0.25, 0.3) is 0 Å². The van der Waals surface area contributed by atoms with Gasteiger partial charge in [0.05, 0.1) is 12.3 Å². The van der Waals surface area contributed by atoms with Crippen LogP contribution in [0.15, 0.2) is 18.2 Å². The normalized spacial score (nSPS) is 16.9. The molecule has 1 aliphatic rings. The van der Waals surface area contributed by atoms with Gasteiger partial charge < -0.3 is 20.1 Å². The van der Waals surface area contributed by atoms with E-state index in [1.165, 1.54) is 18.2 Å². The molecular formula is C15H22ClFN2O3. The van der Waals surface area contributed by atoms with E-state index in [1.54, 1.807) is 7.11 Å². The van der Waals surface area contributed by atoms with Gasteiger partial charge >= 0.3 is 0 Å². The van der Waals surface area contributed by atoms with Crippen molar-refractivity contribution in [1.82, 2.24) is 5.32 Å². The molecule has 1 aromatic carbocycles. The standard InChI is InChI=1S/C15H21FN2O3.ClH/c1-20-7-8-21-14-5-4-11(16)9-13(14)18-15(19)10-12-3-2-6-17-12;/h4-5,9,12,17H,2-3,6-8,10H2,1H3,(H,18,19);1H. The molecule has 22 heavy (non-hydrogen) atoms. The van der Waals surface area contributed by atoms with E-state index in [1.807, 2.05) is 0 Å². The molecule has 1 amide bonds. The van der Waals surface area contributed by atoms with Gasteiger partial charge in [0.2, 0.25) is 5.91 Å². The van der Waals surface area contributed by atoms with E-state index in [-0.39, 0.29) is 24.4 Å². The van der Waals surface area contributed by atoms with Gasteiger partial charge in [-0.2, -0.15) is 0 Å². The fraction of sp³-hybridized carbons (Fsp3) is 0.533. The summed E-state index contributed by atoms with van der Waals surface area (Å²) in [5.74, 6) is -0.110. The number of carbonyl (C=O) groups is 1. The van der Waals surface area contributed by atoms with Crippen molar-refractivity contribution in [1.29, 1.82) is 0 Å². The van der Waals surface area contributed by atoms with E-state index in [0.717, 1.165) is 19.4 Å². The van der Waals surface area contributed by atoms with E-state index < -0.39 is 5.82 Å². The van der Waals surface area contributed by atoms with E-state index >= 15 is 0 Å². The maximum Gasteiger partial charge on any atom is 0.226 e. The van der Waals surface area contributed by atoms with E-state index in [2.05, 4.69) is 10.6 Å². The Morgan fingerprint density at radius 2 is 2.27 bits per heavy atom. The van der Waals surface area contributed by atoms with Crippen LogP contribution in [0.2, 0.25) is 0 Å². The van der Waals surface area contributed by atoms with Gasteiger partial charge in [-0.25, -0.2) is 4.39 Å². The summed E-state index contributed by atoms with van der Waals surface area (Å²) in [6.07, 6.45) is 2.46. The summed E-state index contributed by atoms with van der Waals surface area (Å²) in [4.78, 5) is 12.0. The van der Waals surface area contributed by atoms with Crippen LogP contribution in [0, 0.1) is 5.82 Å². The predicted octanol–water partition coefficient (Wildman–Crippen LogP) is 2.35. The number of nitrogens with one attached hydrogen (secondary N) is 2.